The molecule has 2 bridgehead atoms. The second-order valence-corrected chi connectivity index (χ2v) is 6.11. The predicted molar refractivity (Wildman–Crippen MR) is 88.5 cm³/mol. The van der Waals surface area contributed by atoms with Crippen LogP contribution in [0.4, 0.5) is 17.3 Å². The van der Waals surface area contributed by atoms with Crippen LogP contribution in [-0.2, 0) is 0 Å². The smallest absolute Gasteiger partial charge is 0.131 e. The van der Waals surface area contributed by atoms with Gasteiger partial charge in [-0.3, -0.25) is 0 Å². The van der Waals surface area contributed by atoms with E-state index in [4.69, 9.17) is 0 Å². The topological polar surface area (TPSA) is 53.1 Å². The maximum atomic E-state index is 4.53. The second-order valence-electron chi connectivity index (χ2n) is 6.11. The third kappa shape index (κ3) is 2.90. The van der Waals surface area contributed by atoms with E-state index < -0.39 is 0 Å². The van der Waals surface area contributed by atoms with E-state index in [1.54, 1.807) is 6.20 Å². The van der Waals surface area contributed by atoms with E-state index in [0.29, 0.717) is 12.1 Å². The minimum atomic E-state index is 0.638. The largest absolute Gasteiger partial charge is 0.369 e. The summed E-state index contributed by atoms with van der Waals surface area (Å²) < 4.78 is 0. The van der Waals surface area contributed by atoms with Gasteiger partial charge in [0.25, 0.3) is 0 Å². The van der Waals surface area contributed by atoms with Gasteiger partial charge in [-0.05, 0) is 43.5 Å². The van der Waals surface area contributed by atoms with Crippen LogP contribution in [0.15, 0.2) is 42.7 Å². The average Bonchev–Trinajstić information content (AvgIpc) is 2.89. The van der Waals surface area contributed by atoms with Crippen LogP contribution in [0, 0.1) is 0 Å². The summed E-state index contributed by atoms with van der Waals surface area (Å²) in [6.45, 7) is 2.20. The molecule has 2 unspecified atom stereocenters. The lowest BCUT2D eigenvalue weighted by Gasteiger charge is -2.26. The van der Waals surface area contributed by atoms with Crippen molar-refractivity contribution in [3.63, 3.8) is 0 Å². The number of nitrogens with zero attached hydrogens (tertiary/aromatic N) is 3. The van der Waals surface area contributed by atoms with Crippen LogP contribution in [0.5, 0.6) is 0 Å². The molecule has 0 aromatic carbocycles. The zero-order valence-electron chi connectivity index (χ0n) is 12.6. The van der Waals surface area contributed by atoms with Gasteiger partial charge in [0.15, 0.2) is 0 Å². The molecule has 0 spiro atoms. The van der Waals surface area contributed by atoms with E-state index in [9.17, 15) is 0 Å². The fourth-order valence-corrected chi connectivity index (χ4v) is 3.39. The van der Waals surface area contributed by atoms with Gasteiger partial charge in [0.05, 0.1) is 11.9 Å². The Bertz CT molecular complexity index is 613. The molecular formula is C17H21N5. The van der Waals surface area contributed by atoms with Gasteiger partial charge in [-0.1, -0.05) is 6.07 Å². The SMILES string of the molecule is c1ccc(Nc2ccc(N3CCC4CCC(C3)N4)cn2)nc1. The van der Waals surface area contributed by atoms with E-state index in [2.05, 4.69) is 31.6 Å². The summed E-state index contributed by atoms with van der Waals surface area (Å²) in [5.74, 6) is 1.65. The van der Waals surface area contributed by atoms with Crippen LogP contribution in [-0.4, -0.2) is 35.1 Å². The van der Waals surface area contributed by atoms with Crippen molar-refractivity contribution < 1.29 is 0 Å². The van der Waals surface area contributed by atoms with Gasteiger partial charge in [0.2, 0.25) is 0 Å². The molecule has 114 valence electrons. The molecule has 2 fully saturated rings. The van der Waals surface area contributed by atoms with Gasteiger partial charge in [-0.25, -0.2) is 9.97 Å². The molecule has 2 atom stereocenters. The van der Waals surface area contributed by atoms with Crippen LogP contribution in [0.1, 0.15) is 19.3 Å². The molecule has 2 N–H and O–H groups in total. The quantitative estimate of drug-likeness (QED) is 0.911. The molecule has 2 aromatic heterocycles. The fourth-order valence-electron chi connectivity index (χ4n) is 3.39. The molecule has 4 rings (SSSR count). The van der Waals surface area contributed by atoms with Gasteiger partial charge in [-0.2, -0.15) is 0 Å². The number of hydrogen-bond acceptors (Lipinski definition) is 5. The summed E-state index contributed by atoms with van der Waals surface area (Å²) in [6.07, 6.45) is 7.60. The summed E-state index contributed by atoms with van der Waals surface area (Å²) in [7, 11) is 0. The summed E-state index contributed by atoms with van der Waals surface area (Å²) in [4.78, 5) is 11.2. The number of rotatable bonds is 3. The minimum Gasteiger partial charge on any atom is -0.369 e. The van der Waals surface area contributed by atoms with Gasteiger partial charge < -0.3 is 15.5 Å². The Kier molecular flexibility index (Phi) is 3.64. The Morgan fingerprint density at radius 3 is 2.73 bits per heavy atom. The lowest BCUT2D eigenvalue weighted by atomic mass is 10.1. The minimum absolute atomic E-state index is 0.638. The molecule has 2 aliphatic heterocycles. The second kappa shape index (κ2) is 5.93. The van der Waals surface area contributed by atoms with Crippen LogP contribution in [0.25, 0.3) is 0 Å². The van der Waals surface area contributed by atoms with Crippen molar-refractivity contribution in [2.75, 3.05) is 23.3 Å². The summed E-state index contributed by atoms with van der Waals surface area (Å²) in [6, 6.07) is 11.3. The van der Waals surface area contributed by atoms with Crippen LogP contribution >= 0.6 is 0 Å². The first-order valence-corrected chi connectivity index (χ1v) is 8.02. The van der Waals surface area contributed by atoms with Crippen molar-refractivity contribution in [1.29, 1.82) is 0 Å². The number of hydrogen-bond donors (Lipinski definition) is 2. The molecule has 0 radical (unpaired) electrons. The highest BCUT2D eigenvalue weighted by Crippen LogP contribution is 2.25. The normalized spacial score (nSPS) is 24.1. The zero-order valence-corrected chi connectivity index (χ0v) is 12.6. The van der Waals surface area contributed by atoms with Gasteiger partial charge in [0, 0.05) is 31.4 Å². The Hall–Kier alpha value is -2.14. The highest BCUT2D eigenvalue weighted by Gasteiger charge is 2.29. The molecule has 2 saturated heterocycles. The monoisotopic (exact) mass is 295 g/mol. The zero-order chi connectivity index (χ0) is 14.8. The van der Waals surface area contributed by atoms with E-state index in [0.717, 1.165) is 24.7 Å². The van der Waals surface area contributed by atoms with Crippen molar-refractivity contribution in [3.8, 4) is 0 Å². The third-order valence-corrected chi connectivity index (χ3v) is 4.56. The Balaban J connectivity index is 1.45. The van der Waals surface area contributed by atoms with Crippen LogP contribution in [0.3, 0.4) is 0 Å². The van der Waals surface area contributed by atoms with Crippen molar-refractivity contribution >= 4 is 17.3 Å². The van der Waals surface area contributed by atoms with E-state index in [-0.39, 0.29) is 0 Å². The van der Waals surface area contributed by atoms with E-state index in [1.807, 2.05) is 30.5 Å². The summed E-state index contributed by atoms with van der Waals surface area (Å²) >= 11 is 0. The first-order chi connectivity index (χ1) is 10.9. The molecule has 22 heavy (non-hydrogen) atoms. The van der Waals surface area contributed by atoms with Gasteiger partial charge in [0.1, 0.15) is 11.6 Å². The molecule has 0 amide bonds. The average molecular weight is 295 g/mol. The number of anilines is 3. The van der Waals surface area contributed by atoms with Crippen molar-refractivity contribution in [2.45, 2.75) is 31.3 Å². The van der Waals surface area contributed by atoms with Crippen molar-refractivity contribution in [2.24, 2.45) is 0 Å². The molecule has 2 aromatic rings. The van der Waals surface area contributed by atoms with Gasteiger partial charge >= 0.3 is 0 Å². The van der Waals surface area contributed by atoms with E-state index >= 15 is 0 Å². The summed E-state index contributed by atoms with van der Waals surface area (Å²) in [5.41, 5.74) is 1.21. The third-order valence-electron chi connectivity index (χ3n) is 4.56. The summed E-state index contributed by atoms with van der Waals surface area (Å²) in [5, 5.41) is 6.93. The van der Waals surface area contributed by atoms with Crippen molar-refractivity contribution in [1.82, 2.24) is 15.3 Å². The first-order valence-electron chi connectivity index (χ1n) is 8.02. The maximum absolute atomic E-state index is 4.53. The Morgan fingerprint density at radius 1 is 1.00 bits per heavy atom. The highest BCUT2D eigenvalue weighted by atomic mass is 15.2. The highest BCUT2D eigenvalue weighted by molar-refractivity contribution is 5.55. The molecule has 4 heterocycles. The lowest BCUT2D eigenvalue weighted by molar-refractivity contribution is 0.563. The molecule has 0 aliphatic carbocycles. The first kappa shape index (κ1) is 13.5. The number of aromatic nitrogens is 2. The Labute approximate surface area is 130 Å². The van der Waals surface area contributed by atoms with Crippen LogP contribution < -0.4 is 15.5 Å². The Morgan fingerprint density at radius 2 is 1.91 bits per heavy atom. The molecule has 5 heteroatoms. The lowest BCUT2D eigenvalue weighted by Crippen LogP contribution is -2.35. The maximum Gasteiger partial charge on any atom is 0.131 e. The fraction of sp³-hybridized carbons (Fsp3) is 0.412. The number of pyridine rings is 2. The van der Waals surface area contributed by atoms with Crippen LogP contribution in [0.2, 0.25) is 0 Å². The number of nitrogens with one attached hydrogen (secondary N) is 2. The molecule has 0 saturated carbocycles. The number of fused-ring (bicyclic) bond motifs is 2. The molecular weight excluding hydrogens is 274 g/mol. The van der Waals surface area contributed by atoms with Gasteiger partial charge in [-0.15, -0.1) is 0 Å². The molecule has 2 aliphatic rings. The van der Waals surface area contributed by atoms with E-state index in [1.165, 1.54) is 24.9 Å². The molecule has 5 nitrogen and oxygen atoms in total. The predicted octanol–water partition coefficient (Wildman–Crippen LogP) is 2.55. The standard InChI is InChI=1S/C17H21N5/c1-2-9-18-16(3-1)21-17-7-6-15(11-19-17)22-10-8-13-4-5-14(12-22)20-13/h1-3,6-7,9,11,13-14,20H,4-5,8,10,12H2,(H,18,19,21). The van der Waals surface area contributed by atoms with Crippen molar-refractivity contribution in [3.05, 3.63) is 42.7 Å².